The molecule has 1 unspecified atom stereocenters. The summed E-state index contributed by atoms with van der Waals surface area (Å²) in [6.07, 6.45) is 0.936. The van der Waals surface area contributed by atoms with Gasteiger partial charge in [0.25, 0.3) is 0 Å². The Balaban J connectivity index is 3.21. The van der Waals surface area contributed by atoms with Gasteiger partial charge in [-0.3, -0.25) is 0 Å². The van der Waals surface area contributed by atoms with Crippen molar-refractivity contribution < 1.29 is 4.21 Å². The lowest BCUT2D eigenvalue weighted by atomic mass is 10.3. The fraction of sp³-hybridized carbons (Fsp3) is 0.455. The molecule has 1 atom stereocenters. The van der Waals surface area contributed by atoms with Crippen LogP contribution < -0.4 is 5.73 Å². The number of hydrogen-bond donors (Lipinski definition) is 1. The molecule has 1 aromatic carbocycles. The van der Waals surface area contributed by atoms with E-state index in [0.717, 1.165) is 13.0 Å². The quantitative estimate of drug-likeness (QED) is 0.819. The van der Waals surface area contributed by atoms with Crippen molar-refractivity contribution in [2.45, 2.75) is 18.2 Å². The van der Waals surface area contributed by atoms with Crippen LogP contribution in [0.4, 0.5) is 5.69 Å². The first kappa shape index (κ1) is 13.0. The molecule has 0 aliphatic rings. The summed E-state index contributed by atoms with van der Waals surface area (Å²) in [4.78, 5) is 0.672. The zero-order chi connectivity index (χ0) is 12.2. The normalized spacial score (nSPS) is 14.8. The highest BCUT2D eigenvalue weighted by atomic mass is 32.2. The molecule has 0 fully saturated rings. The average Bonchev–Trinajstić information content (AvgIpc) is 2.28. The molecule has 0 aliphatic heterocycles. The Labute approximate surface area is 97.8 Å². The Morgan fingerprint density at radius 3 is 2.69 bits per heavy atom. The molecule has 0 aromatic heterocycles. The summed E-state index contributed by atoms with van der Waals surface area (Å²) in [5, 5.41) is 0. The van der Waals surface area contributed by atoms with E-state index in [9.17, 15) is 4.21 Å². The van der Waals surface area contributed by atoms with Crippen LogP contribution in [0.5, 0.6) is 0 Å². The summed E-state index contributed by atoms with van der Waals surface area (Å²) in [6.45, 7) is 2.79. The Morgan fingerprint density at radius 1 is 1.50 bits per heavy atom. The maximum atomic E-state index is 12.7. The number of nitrogen functional groups attached to an aromatic ring is 1. The summed E-state index contributed by atoms with van der Waals surface area (Å²) < 4.78 is 18.5. The molecule has 90 valence electrons. The molecule has 1 aromatic rings. The van der Waals surface area contributed by atoms with Crippen molar-refractivity contribution in [3.8, 4) is 0 Å². The lowest BCUT2D eigenvalue weighted by Crippen LogP contribution is -2.27. The van der Waals surface area contributed by atoms with Crippen molar-refractivity contribution >= 4 is 15.6 Å². The molecule has 0 bridgehead atoms. The van der Waals surface area contributed by atoms with Crippen molar-refractivity contribution in [2.24, 2.45) is 4.36 Å². The molecule has 0 spiro atoms. The molecule has 0 aliphatic carbocycles. The van der Waals surface area contributed by atoms with Gasteiger partial charge < -0.3 is 5.73 Å². The summed E-state index contributed by atoms with van der Waals surface area (Å²) in [5.41, 5.74) is 6.31. The third-order valence-corrected chi connectivity index (χ3v) is 4.76. The highest BCUT2D eigenvalue weighted by Gasteiger charge is 2.17. The minimum atomic E-state index is -2.49. The topological polar surface area (TPSA) is 58.7 Å². The standard InChI is InChI=1S/C11H19N3OS/c1-4-8-14(3)16(15,13-2)11-7-5-6-10(12)9-11/h5-7,9H,4,8,12H2,1-3H3. The summed E-state index contributed by atoms with van der Waals surface area (Å²) in [7, 11) is 0.912. The van der Waals surface area contributed by atoms with Gasteiger partial charge in [-0.1, -0.05) is 13.0 Å². The lowest BCUT2D eigenvalue weighted by molar-refractivity contribution is 0.511. The van der Waals surface area contributed by atoms with Crippen LogP contribution in [0.3, 0.4) is 0 Å². The van der Waals surface area contributed by atoms with Gasteiger partial charge in [-0.05, 0) is 24.6 Å². The van der Waals surface area contributed by atoms with Crippen molar-refractivity contribution in [2.75, 3.05) is 26.4 Å². The Morgan fingerprint density at radius 2 is 2.19 bits per heavy atom. The molecule has 0 saturated heterocycles. The molecule has 16 heavy (non-hydrogen) atoms. The predicted molar refractivity (Wildman–Crippen MR) is 68.5 cm³/mol. The number of nitrogens with two attached hydrogens (primary N) is 1. The van der Waals surface area contributed by atoms with Crippen LogP contribution >= 0.6 is 0 Å². The average molecular weight is 241 g/mol. The third-order valence-electron chi connectivity index (χ3n) is 2.37. The van der Waals surface area contributed by atoms with Crippen molar-refractivity contribution in [3.05, 3.63) is 24.3 Å². The van der Waals surface area contributed by atoms with Crippen LogP contribution in [-0.4, -0.2) is 29.2 Å². The maximum Gasteiger partial charge on any atom is 0.139 e. The van der Waals surface area contributed by atoms with Crippen molar-refractivity contribution in [3.63, 3.8) is 0 Å². The van der Waals surface area contributed by atoms with Gasteiger partial charge in [-0.15, -0.1) is 0 Å². The second-order valence-corrected chi connectivity index (χ2v) is 6.06. The van der Waals surface area contributed by atoms with Crippen LogP contribution in [0.2, 0.25) is 0 Å². The Bertz CT molecular complexity index is 464. The molecule has 5 heteroatoms. The van der Waals surface area contributed by atoms with Crippen molar-refractivity contribution in [1.29, 1.82) is 0 Å². The van der Waals surface area contributed by atoms with Gasteiger partial charge in [0.1, 0.15) is 9.92 Å². The van der Waals surface area contributed by atoms with Gasteiger partial charge in [-0.25, -0.2) is 12.9 Å². The van der Waals surface area contributed by atoms with Crippen LogP contribution in [0.15, 0.2) is 33.5 Å². The van der Waals surface area contributed by atoms with Gasteiger partial charge in [0.05, 0.1) is 4.90 Å². The molecule has 2 N–H and O–H groups in total. The van der Waals surface area contributed by atoms with Gasteiger partial charge in [0.15, 0.2) is 0 Å². The zero-order valence-electron chi connectivity index (χ0n) is 10.0. The first-order valence-corrected chi connectivity index (χ1v) is 6.74. The number of rotatable bonds is 4. The zero-order valence-corrected chi connectivity index (χ0v) is 10.8. The maximum absolute atomic E-state index is 12.7. The summed E-state index contributed by atoms with van der Waals surface area (Å²) >= 11 is 0. The van der Waals surface area contributed by atoms with Gasteiger partial charge in [0, 0.05) is 26.3 Å². The molecule has 0 heterocycles. The number of hydrogen-bond acceptors (Lipinski definition) is 3. The smallest absolute Gasteiger partial charge is 0.139 e. The minimum absolute atomic E-state index is 0.610. The lowest BCUT2D eigenvalue weighted by Gasteiger charge is -2.21. The first-order valence-electron chi connectivity index (χ1n) is 5.26. The molecule has 0 radical (unpaired) electrons. The molecular weight excluding hydrogens is 222 g/mol. The molecule has 1 rings (SSSR count). The fourth-order valence-corrected chi connectivity index (χ4v) is 3.37. The molecule has 0 saturated carbocycles. The highest BCUT2D eigenvalue weighted by Crippen LogP contribution is 2.19. The first-order chi connectivity index (χ1) is 7.54. The number of benzene rings is 1. The van der Waals surface area contributed by atoms with Crippen LogP contribution in [0.25, 0.3) is 0 Å². The van der Waals surface area contributed by atoms with Crippen molar-refractivity contribution in [1.82, 2.24) is 4.31 Å². The van der Waals surface area contributed by atoms with Gasteiger partial charge in [0.2, 0.25) is 0 Å². The SMILES string of the molecule is CCCN(C)S(=O)(=NC)c1cccc(N)c1. The van der Waals surface area contributed by atoms with E-state index in [4.69, 9.17) is 5.73 Å². The largest absolute Gasteiger partial charge is 0.399 e. The number of anilines is 1. The molecular formula is C11H19N3OS. The van der Waals surface area contributed by atoms with E-state index in [1.807, 2.05) is 14.0 Å². The second-order valence-electron chi connectivity index (χ2n) is 3.60. The van der Waals surface area contributed by atoms with Crippen LogP contribution in [0, 0.1) is 0 Å². The van der Waals surface area contributed by atoms with E-state index in [0.29, 0.717) is 10.6 Å². The minimum Gasteiger partial charge on any atom is -0.399 e. The second kappa shape index (κ2) is 5.32. The van der Waals surface area contributed by atoms with E-state index in [-0.39, 0.29) is 0 Å². The van der Waals surface area contributed by atoms with E-state index >= 15 is 0 Å². The van der Waals surface area contributed by atoms with Crippen LogP contribution in [0.1, 0.15) is 13.3 Å². The predicted octanol–water partition coefficient (Wildman–Crippen LogP) is 1.98. The molecule has 4 nitrogen and oxygen atoms in total. The van der Waals surface area contributed by atoms with Gasteiger partial charge >= 0.3 is 0 Å². The highest BCUT2D eigenvalue weighted by molar-refractivity contribution is 7.91. The summed E-state index contributed by atoms with van der Waals surface area (Å²) in [6, 6.07) is 7.10. The van der Waals surface area contributed by atoms with Gasteiger partial charge in [-0.2, -0.15) is 0 Å². The third kappa shape index (κ3) is 2.54. The van der Waals surface area contributed by atoms with E-state index in [1.54, 1.807) is 35.6 Å². The van der Waals surface area contributed by atoms with E-state index in [2.05, 4.69) is 4.36 Å². The van der Waals surface area contributed by atoms with Crippen LogP contribution in [-0.2, 0) is 9.92 Å². The Hall–Kier alpha value is -1.07. The Kier molecular flexibility index (Phi) is 4.32. The number of nitrogens with zero attached hydrogens (tertiary/aromatic N) is 2. The van der Waals surface area contributed by atoms with E-state index < -0.39 is 9.92 Å². The van der Waals surface area contributed by atoms with E-state index in [1.165, 1.54) is 0 Å². The summed E-state index contributed by atoms with van der Waals surface area (Å²) in [5.74, 6) is 0. The fourth-order valence-electron chi connectivity index (χ4n) is 1.54. The monoisotopic (exact) mass is 241 g/mol. The molecule has 0 amide bonds.